The summed E-state index contributed by atoms with van der Waals surface area (Å²) in [6, 6.07) is 6.04. The third-order valence-corrected chi connectivity index (χ3v) is 4.50. The van der Waals surface area contributed by atoms with Crippen molar-refractivity contribution in [1.29, 1.82) is 0 Å². The molecule has 5 nitrogen and oxygen atoms in total. The maximum atomic E-state index is 13.1. The van der Waals surface area contributed by atoms with Crippen molar-refractivity contribution in [2.24, 2.45) is 5.92 Å². The van der Waals surface area contributed by atoms with Crippen LogP contribution in [0.15, 0.2) is 24.3 Å². The average Bonchev–Trinajstić information content (AvgIpc) is 3.32. The zero-order valence-electron chi connectivity index (χ0n) is 14.2. The van der Waals surface area contributed by atoms with Crippen molar-refractivity contribution in [3.05, 3.63) is 35.6 Å². The predicted molar refractivity (Wildman–Crippen MR) is 88.5 cm³/mol. The molecular formula is C18H24FN3O2. The minimum absolute atomic E-state index is 0.140. The normalized spacial score (nSPS) is 21.0. The molecule has 0 aromatic heterocycles. The molecule has 0 spiro atoms. The Morgan fingerprint density at radius 3 is 2.50 bits per heavy atom. The molecule has 3 rings (SSSR count). The fourth-order valence-electron chi connectivity index (χ4n) is 3.08. The molecule has 1 N–H and O–H groups in total. The van der Waals surface area contributed by atoms with E-state index in [0.717, 1.165) is 18.4 Å². The summed E-state index contributed by atoms with van der Waals surface area (Å²) < 4.78 is 13.1. The summed E-state index contributed by atoms with van der Waals surface area (Å²) in [7, 11) is 0. The van der Waals surface area contributed by atoms with Crippen LogP contribution in [0.5, 0.6) is 0 Å². The smallest absolute Gasteiger partial charge is 0.325 e. The average molecular weight is 333 g/mol. The lowest BCUT2D eigenvalue weighted by atomic mass is 10.0. The second kappa shape index (κ2) is 6.89. The van der Waals surface area contributed by atoms with Crippen LogP contribution in [-0.4, -0.2) is 40.5 Å². The SMILES string of the molecule is CC(C)CC1NC(=O)N(CN(Cc2ccc(F)cc2)C2CC2)C1=O. The van der Waals surface area contributed by atoms with E-state index in [1.54, 1.807) is 12.1 Å². The number of carbonyl (C=O) groups excluding carboxylic acids is 2. The van der Waals surface area contributed by atoms with Gasteiger partial charge in [0.25, 0.3) is 5.91 Å². The zero-order chi connectivity index (χ0) is 17.3. The summed E-state index contributed by atoms with van der Waals surface area (Å²) >= 11 is 0. The van der Waals surface area contributed by atoms with Gasteiger partial charge in [0.2, 0.25) is 0 Å². The Morgan fingerprint density at radius 2 is 1.92 bits per heavy atom. The molecular weight excluding hydrogens is 309 g/mol. The lowest BCUT2D eigenvalue weighted by Gasteiger charge is -2.26. The molecule has 1 heterocycles. The summed E-state index contributed by atoms with van der Waals surface area (Å²) in [5, 5.41) is 2.78. The second-order valence-electron chi connectivity index (χ2n) is 7.14. The van der Waals surface area contributed by atoms with E-state index in [1.165, 1.54) is 17.0 Å². The number of halogens is 1. The van der Waals surface area contributed by atoms with E-state index in [0.29, 0.717) is 31.6 Å². The van der Waals surface area contributed by atoms with Crippen LogP contribution in [0.4, 0.5) is 9.18 Å². The van der Waals surface area contributed by atoms with Gasteiger partial charge in [-0.05, 0) is 42.9 Å². The lowest BCUT2D eigenvalue weighted by Crippen LogP contribution is -2.42. The topological polar surface area (TPSA) is 52.7 Å². The van der Waals surface area contributed by atoms with E-state index in [-0.39, 0.29) is 17.8 Å². The molecule has 1 saturated carbocycles. The first kappa shape index (κ1) is 16.9. The molecule has 1 unspecified atom stereocenters. The highest BCUT2D eigenvalue weighted by Gasteiger charge is 2.40. The predicted octanol–water partition coefficient (Wildman–Crippen LogP) is 2.71. The van der Waals surface area contributed by atoms with Gasteiger partial charge in [-0.1, -0.05) is 26.0 Å². The molecule has 3 amide bonds. The largest absolute Gasteiger partial charge is 0.326 e. The van der Waals surface area contributed by atoms with Crippen LogP contribution in [0.2, 0.25) is 0 Å². The number of benzene rings is 1. The summed E-state index contributed by atoms with van der Waals surface area (Å²) in [5.41, 5.74) is 0.981. The van der Waals surface area contributed by atoms with Gasteiger partial charge in [-0.25, -0.2) is 14.1 Å². The number of nitrogens with one attached hydrogen (secondary N) is 1. The number of hydrogen-bond acceptors (Lipinski definition) is 3. The maximum absolute atomic E-state index is 13.1. The van der Waals surface area contributed by atoms with Crippen molar-refractivity contribution in [3.8, 4) is 0 Å². The number of imide groups is 1. The molecule has 1 aliphatic heterocycles. The summed E-state index contributed by atoms with van der Waals surface area (Å²) in [5.74, 6) is -0.0567. The van der Waals surface area contributed by atoms with Crippen LogP contribution < -0.4 is 5.32 Å². The molecule has 1 aliphatic carbocycles. The van der Waals surface area contributed by atoms with Gasteiger partial charge in [0.1, 0.15) is 11.9 Å². The van der Waals surface area contributed by atoms with Crippen LogP contribution in [0.3, 0.4) is 0 Å². The van der Waals surface area contributed by atoms with Gasteiger partial charge in [0, 0.05) is 12.6 Å². The minimum atomic E-state index is -0.413. The molecule has 0 radical (unpaired) electrons. The molecule has 2 fully saturated rings. The van der Waals surface area contributed by atoms with E-state index >= 15 is 0 Å². The van der Waals surface area contributed by atoms with E-state index < -0.39 is 6.04 Å². The molecule has 0 bridgehead atoms. The highest BCUT2D eigenvalue weighted by atomic mass is 19.1. The van der Waals surface area contributed by atoms with E-state index in [2.05, 4.69) is 10.2 Å². The standard InChI is InChI=1S/C18H24FN3O2/c1-12(2)9-16-17(23)22(18(24)20-16)11-21(15-7-8-15)10-13-3-5-14(19)6-4-13/h3-6,12,15-16H,7-11H2,1-2H3,(H,20,24). The number of nitrogens with zero attached hydrogens (tertiary/aromatic N) is 2. The maximum Gasteiger partial charge on any atom is 0.325 e. The van der Waals surface area contributed by atoms with E-state index in [4.69, 9.17) is 0 Å². The Bertz CT molecular complexity index is 613. The highest BCUT2D eigenvalue weighted by molar-refractivity contribution is 6.04. The first-order valence-electron chi connectivity index (χ1n) is 8.54. The van der Waals surface area contributed by atoms with E-state index in [1.807, 2.05) is 13.8 Å². The Kier molecular flexibility index (Phi) is 4.85. The summed E-state index contributed by atoms with van der Waals surface area (Å²) in [4.78, 5) is 28.1. The van der Waals surface area contributed by atoms with Crippen LogP contribution in [0.25, 0.3) is 0 Å². The van der Waals surface area contributed by atoms with Gasteiger partial charge in [-0.15, -0.1) is 0 Å². The molecule has 2 aliphatic rings. The molecule has 24 heavy (non-hydrogen) atoms. The number of amides is 3. The Balaban J connectivity index is 1.66. The molecule has 1 aromatic rings. The summed E-state index contributed by atoms with van der Waals surface area (Å²) in [6.07, 6.45) is 2.79. The van der Waals surface area contributed by atoms with Crippen molar-refractivity contribution < 1.29 is 14.0 Å². The fourth-order valence-corrected chi connectivity index (χ4v) is 3.08. The van der Waals surface area contributed by atoms with Crippen molar-refractivity contribution in [1.82, 2.24) is 15.1 Å². The quantitative estimate of drug-likeness (QED) is 0.781. The number of hydrogen-bond donors (Lipinski definition) is 1. The first-order chi connectivity index (χ1) is 11.4. The molecule has 1 saturated heterocycles. The fraction of sp³-hybridized carbons (Fsp3) is 0.556. The van der Waals surface area contributed by atoms with E-state index in [9.17, 15) is 14.0 Å². The van der Waals surface area contributed by atoms with Gasteiger partial charge < -0.3 is 5.32 Å². The Labute approximate surface area is 141 Å². The second-order valence-corrected chi connectivity index (χ2v) is 7.14. The van der Waals surface area contributed by atoms with Gasteiger partial charge in [-0.2, -0.15) is 0 Å². The highest BCUT2D eigenvalue weighted by Crippen LogP contribution is 2.29. The van der Waals surface area contributed by atoms with Gasteiger partial charge in [-0.3, -0.25) is 9.69 Å². The van der Waals surface area contributed by atoms with Crippen molar-refractivity contribution in [3.63, 3.8) is 0 Å². The van der Waals surface area contributed by atoms with Crippen LogP contribution in [0, 0.1) is 11.7 Å². The third kappa shape index (κ3) is 3.93. The lowest BCUT2D eigenvalue weighted by molar-refractivity contribution is -0.129. The Morgan fingerprint density at radius 1 is 1.25 bits per heavy atom. The number of rotatable bonds is 7. The van der Waals surface area contributed by atoms with Crippen molar-refractivity contribution in [2.45, 2.75) is 51.7 Å². The van der Waals surface area contributed by atoms with Gasteiger partial charge >= 0.3 is 6.03 Å². The third-order valence-electron chi connectivity index (χ3n) is 4.50. The number of carbonyl (C=O) groups is 2. The number of urea groups is 1. The molecule has 6 heteroatoms. The monoisotopic (exact) mass is 333 g/mol. The van der Waals surface area contributed by atoms with Crippen molar-refractivity contribution >= 4 is 11.9 Å². The van der Waals surface area contributed by atoms with Crippen molar-refractivity contribution in [2.75, 3.05) is 6.67 Å². The molecule has 1 atom stereocenters. The van der Waals surface area contributed by atoms with Crippen LogP contribution >= 0.6 is 0 Å². The minimum Gasteiger partial charge on any atom is -0.326 e. The Hall–Kier alpha value is -1.95. The first-order valence-corrected chi connectivity index (χ1v) is 8.54. The van der Waals surface area contributed by atoms with Gasteiger partial charge in [0.15, 0.2) is 0 Å². The molecule has 130 valence electrons. The zero-order valence-corrected chi connectivity index (χ0v) is 14.2. The van der Waals surface area contributed by atoms with Crippen LogP contribution in [-0.2, 0) is 11.3 Å². The molecule has 1 aromatic carbocycles. The van der Waals surface area contributed by atoms with Crippen LogP contribution in [0.1, 0.15) is 38.7 Å². The van der Waals surface area contributed by atoms with Gasteiger partial charge in [0.05, 0.1) is 6.67 Å². The summed E-state index contributed by atoms with van der Waals surface area (Å²) in [6.45, 7) is 4.97.